The van der Waals surface area contributed by atoms with E-state index < -0.39 is 0 Å². The Kier molecular flexibility index (Phi) is 0.874. The minimum absolute atomic E-state index is 0.427. The summed E-state index contributed by atoms with van der Waals surface area (Å²) in [7, 11) is 0. The van der Waals surface area contributed by atoms with Crippen LogP contribution in [0.4, 0.5) is 0 Å². The van der Waals surface area contributed by atoms with E-state index in [9.17, 15) is 0 Å². The summed E-state index contributed by atoms with van der Waals surface area (Å²) in [6, 6.07) is 0. The molecule has 0 heterocycles. The molecule has 0 amide bonds. The van der Waals surface area contributed by atoms with Gasteiger partial charge in [0.15, 0.2) is 0 Å². The molecule has 0 unspecified atom stereocenters. The first kappa shape index (κ1) is 7.25. The molecule has 0 aromatic rings. The van der Waals surface area contributed by atoms with Crippen LogP contribution in [0.15, 0.2) is 10.3 Å². The zero-order chi connectivity index (χ0) is 9.89. The van der Waals surface area contributed by atoms with Gasteiger partial charge in [-0.1, -0.05) is 10.3 Å². The molecule has 0 aromatic heterocycles. The normalized spacial score (nSPS) is 71.2. The summed E-state index contributed by atoms with van der Waals surface area (Å²) < 4.78 is 0. The summed E-state index contributed by atoms with van der Waals surface area (Å²) in [6.45, 7) is 0. The lowest BCUT2D eigenvalue weighted by molar-refractivity contribution is 0.0644. The van der Waals surface area contributed by atoms with Crippen LogP contribution in [0.5, 0.6) is 0 Å². The summed E-state index contributed by atoms with van der Waals surface area (Å²) in [6.07, 6.45) is 1.29. The lowest BCUT2D eigenvalue weighted by atomic mass is 9.59. The number of nitrogens with zero attached hydrogens (tertiary/aromatic N) is 2. The molecule has 5 saturated carbocycles. The predicted molar refractivity (Wildman–Crippen MR) is 51.0 cm³/mol. The number of oxime groups is 2. The van der Waals surface area contributed by atoms with Crippen molar-refractivity contribution in [2.45, 2.75) is 6.42 Å². The quantitative estimate of drug-likeness (QED) is 0.457. The van der Waals surface area contributed by atoms with Gasteiger partial charge in [-0.15, -0.1) is 0 Å². The molecule has 78 valence electrons. The van der Waals surface area contributed by atoms with Crippen LogP contribution in [-0.4, -0.2) is 21.8 Å². The molecule has 0 spiro atoms. The standard InChI is InChI=1S/C11H12N2O2/c14-12-10-6-2-1-3-5-4(2)8(10)9(5)11(13-15)7(3)6/h2-9,14-15H,1H2/b12-10-,13-11-/t2-,3-,4-,5+,6-,7-,8+,9-/m1/s1. The van der Waals surface area contributed by atoms with Crippen molar-refractivity contribution in [2.75, 3.05) is 0 Å². The van der Waals surface area contributed by atoms with Crippen LogP contribution in [0.1, 0.15) is 6.42 Å². The van der Waals surface area contributed by atoms with Crippen molar-refractivity contribution in [1.82, 2.24) is 0 Å². The monoisotopic (exact) mass is 204 g/mol. The van der Waals surface area contributed by atoms with E-state index in [1.165, 1.54) is 6.42 Å². The van der Waals surface area contributed by atoms with E-state index in [-0.39, 0.29) is 0 Å². The van der Waals surface area contributed by atoms with Crippen LogP contribution in [0.3, 0.4) is 0 Å². The van der Waals surface area contributed by atoms with Crippen LogP contribution >= 0.6 is 0 Å². The number of rotatable bonds is 0. The minimum atomic E-state index is 0.427. The maximum Gasteiger partial charge on any atom is 0.0651 e. The average molecular weight is 204 g/mol. The summed E-state index contributed by atoms with van der Waals surface area (Å²) in [5.74, 6) is 4.76. The molecule has 5 aliphatic carbocycles. The van der Waals surface area contributed by atoms with Gasteiger partial charge in [0.25, 0.3) is 0 Å². The number of fused-ring (bicyclic) bond motifs is 2. The molecular weight excluding hydrogens is 192 g/mol. The molecule has 0 aromatic carbocycles. The molecule has 4 nitrogen and oxygen atoms in total. The van der Waals surface area contributed by atoms with Gasteiger partial charge in [0.05, 0.1) is 11.4 Å². The first-order chi connectivity index (χ1) is 7.38. The fraction of sp³-hybridized carbons (Fsp3) is 0.818. The van der Waals surface area contributed by atoms with Gasteiger partial charge in [-0.2, -0.15) is 0 Å². The van der Waals surface area contributed by atoms with Gasteiger partial charge in [0.2, 0.25) is 0 Å². The van der Waals surface area contributed by atoms with Crippen LogP contribution in [-0.2, 0) is 0 Å². The van der Waals surface area contributed by atoms with E-state index in [1.54, 1.807) is 0 Å². The molecule has 0 radical (unpaired) electrons. The van der Waals surface area contributed by atoms with E-state index in [1.807, 2.05) is 0 Å². The largest absolute Gasteiger partial charge is 0.411 e. The van der Waals surface area contributed by atoms with Crippen molar-refractivity contribution in [2.24, 2.45) is 57.7 Å². The highest BCUT2D eigenvalue weighted by molar-refractivity contribution is 6.10. The fourth-order valence-corrected chi connectivity index (χ4v) is 6.13. The molecule has 5 rings (SSSR count). The van der Waals surface area contributed by atoms with Crippen LogP contribution in [0.25, 0.3) is 0 Å². The predicted octanol–water partition coefficient (Wildman–Crippen LogP) is 1.03. The highest BCUT2D eigenvalue weighted by Crippen LogP contribution is 2.80. The Morgan fingerprint density at radius 2 is 1.27 bits per heavy atom. The zero-order valence-corrected chi connectivity index (χ0v) is 8.11. The van der Waals surface area contributed by atoms with Gasteiger partial charge in [-0.3, -0.25) is 0 Å². The first-order valence-corrected chi connectivity index (χ1v) is 5.82. The van der Waals surface area contributed by atoms with E-state index in [4.69, 9.17) is 10.4 Å². The Morgan fingerprint density at radius 3 is 1.67 bits per heavy atom. The van der Waals surface area contributed by atoms with E-state index >= 15 is 0 Å². The fourth-order valence-electron chi connectivity index (χ4n) is 6.13. The topological polar surface area (TPSA) is 65.2 Å². The Bertz CT molecular complexity index is 400. The number of hydrogen-bond acceptors (Lipinski definition) is 4. The Labute approximate surface area is 86.6 Å². The minimum Gasteiger partial charge on any atom is -0.411 e. The SMILES string of the molecule is O/N=C1/[C@@H]2[C@@H]3C[C@H]4[C@H]2/C(=N/O)[C@H]2[C@@H]1[C@H]3[C@H]42. The van der Waals surface area contributed by atoms with Crippen molar-refractivity contribution in [3.63, 3.8) is 0 Å². The highest BCUT2D eigenvalue weighted by atomic mass is 16.4. The van der Waals surface area contributed by atoms with Crippen LogP contribution < -0.4 is 0 Å². The smallest absolute Gasteiger partial charge is 0.0651 e. The molecule has 0 saturated heterocycles. The first-order valence-electron chi connectivity index (χ1n) is 5.82. The Balaban J connectivity index is 1.83. The molecule has 2 N–H and O–H groups in total. The third-order valence-corrected chi connectivity index (χ3v) is 6.10. The summed E-state index contributed by atoms with van der Waals surface area (Å²) in [5, 5.41) is 25.4. The number of hydrogen-bond donors (Lipinski definition) is 2. The van der Waals surface area contributed by atoms with Crippen LogP contribution in [0, 0.1) is 47.3 Å². The summed E-state index contributed by atoms with van der Waals surface area (Å²) >= 11 is 0. The molecule has 0 aliphatic heterocycles. The third-order valence-electron chi connectivity index (χ3n) is 6.10. The van der Waals surface area contributed by atoms with Gasteiger partial charge in [0.1, 0.15) is 0 Å². The molecule has 2 bridgehead atoms. The van der Waals surface area contributed by atoms with Gasteiger partial charge in [-0.25, -0.2) is 0 Å². The molecule has 8 atom stereocenters. The third kappa shape index (κ3) is 0.446. The van der Waals surface area contributed by atoms with E-state index in [0.717, 1.165) is 35.1 Å². The summed E-state index contributed by atoms with van der Waals surface area (Å²) in [4.78, 5) is 0. The molecule has 5 aliphatic rings. The molecule has 5 fully saturated rings. The van der Waals surface area contributed by atoms with E-state index in [2.05, 4.69) is 10.3 Å². The zero-order valence-electron chi connectivity index (χ0n) is 8.11. The maximum atomic E-state index is 9.13. The lowest BCUT2D eigenvalue weighted by Crippen LogP contribution is -2.48. The molecular formula is C11H12N2O2. The van der Waals surface area contributed by atoms with Crippen LogP contribution in [0.2, 0.25) is 0 Å². The second-order valence-corrected chi connectivity index (χ2v) is 5.87. The van der Waals surface area contributed by atoms with Gasteiger partial charge in [0, 0.05) is 23.7 Å². The van der Waals surface area contributed by atoms with E-state index in [0.29, 0.717) is 23.7 Å². The maximum absolute atomic E-state index is 9.13. The second kappa shape index (κ2) is 1.81. The highest BCUT2D eigenvalue weighted by Gasteiger charge is 2.82. The Morgan fingerprint density at radius 1 is 0.800 bits per heavy atom. The average Bonchev–Trinajstić information content (AvgIpc) is 2.73. The van der Waals surface area contributed by atoms with Gasteiger partial charge in [-0.05, 0) is 30.1 Å². The van der Waals surface area contributed by atoms with Crippen molar-refractivity contribution in [3.05, 3.63) is 0 Å². The van der Waals surface area contributed by atoms with Crippen molar-refractivity contribution in [1.29, 1.82) is 0 Å². The molecule has 15 heavy (non-hydrogen) atoms. The molecule has 4 heteroatoms. The Hall–Kier alpha value is -1.06. The lowest BCUT2D eigenvalue weighted by Gasteiger charge is -2.44. The second-order valence-electron chi connectivity index (χ2n) is 5.87. The van der Waals surface area contributed by atoms with Crippen molar-refractivity contribution < 1.29 is 10.4 Å². The van der Waals surface area contributed by atoms with Gasteiger partial charge >= 0.3 is 0 Å². The summed E-state index contributed by atoms with van der Waals surface area (Å²) in [5.41, 5.74) is 2.09. The van der Waals surface area contributed by atoms with Crippen molar-refractivity contribution >= 4 is 11.4 Å². The van der Waals surface area contributed by atoms with Gasteiger partial charge < -0.3 is 10.4 Å². The van der Waals surface area contributed by atoms with Crippen molar-refractivity contribution in [3.8, 4) is 0 Å².